The van der Waals surface area contributed by atoms with Gasteiger partial charge in [-0.05, 0) is 48.0 Å². The lowest BCUT2D eigenvalue weighted by molar-refractivity contribution is -0.124. The summed E-state index contributed by atoms with van der Waals surface area (Å²) in [5, 5.41) is 2.64. The standard InChI is InChI=1S/C24H17FN2O5/c25-17-7-9-18(10-8-17)27-22(29)19-11-6-16(12-20(19)23(27)30)24(31)32-14-21(28)26-13-15-4-2-1-3-5-15/h1-12H,13-14H2,(H,26,28). The van der Waals surface area contributed by atoms with E-state index in [2.05, 4.69) is 5.32 Å². The zero-order valence-electron chi connectivity index (χ0n) is 16.7. The first kappa shape index (κ1) is 20.9. The molecular formula is C24H17FN2O5. The van der Waals surface area contributed by atoms with E-state index in [4.69, 9.17) is 4.74 Å². The van der Waals surface area contributed by atoms with Gasteiger partial charge in [-0.1, -0.05) is 30.3 Å². The van der Waals surface area contributed by atoms with Crippen LogP contribution in [-0.4, -0.2) is 30.3 Å². The third-order valence-corrected chi connectivity index (χ3v) is 4.87. The second kappa shape index (κ2) is 8.81. The molecule has 0 saturated heterocycles. The van der Waals surface area contributed by atoms with Gasteiger partial charge in [0.05, 0.1) is 22.4 Å². The van der Waals surface area contributed by atoms with E-state index in [1.54, 1.807) is 0 Å². The van der Waals surface area contributed by atoms with Crippen LogP contribution in [0.3, 0.4) is 0 Å². The fourth-order valence-electron chi connectivity index (χ4n) is 3.25. The van der Waals surface area contributed by atoms with Crippen LogP contribution in [0.5, 0.6) is 0 Å². The molecule has 1 aliphatic heterocycles. The number of halogens is 1. The summed E-state index contributed by atoms with van der Waals surface area (Å²) in [7, 11) is 0. The molecule has 1 heterocycles. The highest BCUT2D eigenvalue weighted by Gasteiger charge is 2.37. The topological polar surface area (TPSA) is 92.8 Å². The maximum absolute atomic E-state index is 13.2. The summed E-state index contributed by atoms with van der Waals surface area (Å²) in [4.78, 5) is 50.6. The van der Waals surface area contributed by atoms with Gasteiger partial charge in [-0.15, -0.1) is 0 Å². The Kier molecular flexibility index (Phi) is 5.76. The van der Waals surface area contributed by atoms with E-state index in [9.17, 15) is 23.6 Å². The molecule has 1 N–H and O–H groups in total. The SMILES string of the molecule is O=C(COC(=O)c1ccc2c(c1)C(=O)N(c1ccc(F)cc1)C2=O)NCc1ccccc1. The highest BCUT2D eigenvalue weighted by Crippen LogP contribution is 2.29. The number of anilines is 1. The zero-order chi connectivity index (χ0) is 22.7. The normalized spacial score (nSPS) is 12.5. The van der Waals surface area contributed by atoms with Gasteiger partial charge < -0.3 is 10.1 Å². The van der Waals surface area contributed by atoms with Crippen molar-refractivity contribution in [2.75, 3.05) is 11.5 Å². The monoisotopic (exact) mass is 432 g/mol. The Morgan fingerprint density at radius 1 is 0.875 bits per heavy atom. The number of rotatable bonds is 6. The van der Waals surface area contributed by atoms with E-state index in [-0.39, 0.29) is 22.4 Å². The first-order valence-corrected chi connectivity index (χ1v) is 9.70. The van der Waals surface area contributed by atoms with Crippen LogP contribution in [0.25, 0.3) is 0 Å². The molecule has 3 amide bonds. The fraction of sp³-hybridized carbons (Fsp3) is 0.0833. The molecule has 0 atom stereocenters. The molecule has 160 valence electrons. The Morgan fingerprint density at radius 3 is 2.28 bits per heavy atom. The van der Waals surface area contributed by atoms with Crippen LogP contribution in [0.4, 0.5) is 10.1 Å². The van der Waals surface area contributed by atoms with Gasteiger partial charge in [0, 0.05) is 6.54 Å². The number of esters is 1. The molecule has 0 unspecified atom stereocenters. The first-order valence-electron chi connectivity index (χ1n) is 9.70. The summed E-state index contributed by atoms with van der Waals surface area (Å²) in [5.74, 6) is -2.98. The quantitative estimate of drug-likeness (QED) is 0.477. The van der Waals surface area contributed by atoms with Crippen LogP contribution in [0.1, 0.15) is 36.6 Å². The largest absolute Gasteiger partial charge is 0.452 e. The lowest BCUT2D eigenvalue weighted by Gasteiger charge is -2.13. The Bertz CT molecular complexity index is 1210. The first-order chi connectivity index (χ1) is 15.4. The van der Waals surface area contributed by atoms with Crippen molar-refractivity contribution in [3.05, 3.63) is 101 Å². The van der Waals surface area contributed by atoms with E-state index in [0.717, 1.165) is 22.6 Å². The van der Waals surface area contributed by atoms with Gasteiger partial charge in [-0.2, -0.15) is 0 Å². The van der Waals surface area contributed by atoms with Crippen molar-refractivity contribution in [2.45, 2.75) is 6.54 Å². The van der Waals surface area contributed by atoms with Crippen molar-refractivity contribution in [2.24, 2.45) is 0 Å². The summed E-state index contributed by atoms with van der Waals surface area (Å²) in [6.07, 6.45) is 0. The molecule has 7 nitrogen and oxygen atoms in total. The van der Waals surface area contributed by atoms with Gasteiger partial charge in [0.2, 0.25) is 0 Å². The molecule has 0 spiro atoms. The molecule has 1 aliphatic rings. The van der Waals surface area contributed by atoms with Gasteiger partial charge >= 0.3 is 5.97 Å². The molecule has 0 fully saturated rings. The summed E-state index contributed by atoms with van der Waals surface area (Å²) in [6, 6.07) is 18.1. The highest BCUT2D eigenvalue weighted by atomic mass is 19.1. The van der Waals surface area contributed by atoms with Crippen molar-refractivity contribution in [3.63, 3.8) is 0 Å². The number of carbonyl (C=O) groups is 4. The smallest absolute Gasteiger partial charge is 0.338 e. The predicted molar refractivity (Wildman–Crippen MR) is 113 cm³/mol. The number of benzene rings is 3. The second-order valence-electron chi connectivity index (χ2n) is 7.02. The third-order valence-electron chi connectivity index (χ3n) is 4.87. The zero-order valence-corrected chi connectivity index (χ0v) is 16.7. The molecule has 0 saturated carbocycles. The molecule has 8 heteroatoms. The van der Waals surface area contributed by atoms with E-state index >= 15 is 0 Å². The Labute approximate surface area is 182 Å². The lowest BCUT2D eigenvalue weighted by Crippen LogP contribution is -2.29. The van der Waals surface area contributed by atoms with Gasteiger partial charge in [-0.3, -0.25) is 14.4 Å². The fourth-order valence-corrected chi connectivity index (χ4v) is 3.25. The molecule has 32 heavy (non-hydrogen) atoms. The van der Waals surface area contributed by atoms with Crippen LogP contribution in [0, 0.1) is 5.82 Å². The van der Waals surface area contributed by atoms with E-state index in [1.165, 1.54) is 30.3 Å². The van der Waals surface area contributed by atoms with Crippen LogP contribution in [0.15, 0.2) is 72.8 Å². The molecule has 4 rings (SSSR count). The average Bonchev–Trinajstić information content (AvgIpc) is 3.07. The number of ether oxygens (including phenoxy) is 1. The van der Waals surface area contributed by atoms with Gasteiger partial charge in [0.15, 0.2) is 6.61 Å². The summed E-state index contributed by atoms with van der Waals surface area (Å²) >= 11 is 0. The number of imide groups is 1. The number of hydrogen-bond acceptors (Lipinski definition) is 5. The molecule has 0 aromatic heterocycles. The summed E-state index contributed by atoms with van der Waals surface area (Å²) in [5.41, 5.74) is 1.30. The lowest BCUT2D eigenvalue weighted by atomic mass is 10.1. The number of nitrogens with zero attached hydrogens (tertiary/aromatic N) is 1. The number of fused-ring (bicyclic) bond motifs is 1. The molecule has 3 aromatic rings. The average molecular weight is 432 g/mol. The highest BCUT2D eigenvalue weighted by molar-refractivity contribution is 6.34. The molecule has 3 aromatic carbocycles. The van der Waals surface area contributed by atoms with Crippen LogP contribution < -0.4 is 10.2 Å². The predicted octanol–water partition coefficient (Wildman–Crippen LogP) is 3.10. The van der Waals surface area contributed by atoms with E-state index in [1.807, 2.05) is 30.3 Å². The van der Waals surface area contributed by atoms with Gasteiger partial charge in [0.1, 0.15) is 5.82 Å². The molecule has 0 bridgehead atoms. The number of nitrogens with one attached hydrogen (secondary N) is 1. The maximum Gasteiger partial charge on any atom is 0.338 e. The van der Waals surface area contributed by atoms with Crippen LogP contribution >= 0.6 is 0 Å². The number of carbonyl (C=O) groups excluding carboxylic acids is 4. The number of amides is 3. The minimum absolute atomic E-state index is 0.0294. The summed E-state index contributed by atoms with van der Waals surface area (Å²) in [6.45, 7) is -0.191. The van der Waals surface area contributed by atoms with Gasteiger partial charge in [-0.25, -0.2) is 14.1 Å². The van der Waals surface area contributed by atoms with Crippen molar-refractivity contribution < 1.29 is 28.3 Å². The number of hydrogen-bond donors (Lipinski definition) is 1. The van der Waals surface area contributed by atoms with E-state index in [0.29, 0.717) is 6.54 Å². The molecule has 0 radical (unpaired) electrons. The molecular weight excluding hydrogens is 415 g/mol. The van der Waals surface area contributed by atoms with Crippen molar-refractivity contribution in [3.8, 4) is 0 Å². The van der Waals surface area contributed by atoms with Crippen molar-refractivity contribution in [1.82, 2.24) is 5.32 Å². The minimum atomic E-state index is -0.803. The third kappa shape index (κ3) is 4.24. The maximum atomic E-state index is 13.2. The Hall–Kier alpha value is -4.33. The van der Waals surface area contributed by atoms with Crippen LogP contribution in [0.2, 0.25) is 0 Å². The minimum Gasteiger partial charge on any atom is -0.452 e. The summed E-state index contributed by atoms with van der Waals surface area (Å²) < 4.78 is 18.2. The van der Waals surface area contributed by atoms with Crippen LogP contribution in [-0.2, 0) is 16.1 Å². The van der Waals surface area contributed by atoms with Crippen molar-refractivity contribution >= 4 is 29.4 Å². The molecule has 0 aliphatic carbocycles. The Morgan fingerprint density at radius 2 is 1.56 bits per heavy atom. The van der Waals surface area contributed by atoms with Gasteiger partial charge in [0.25, 0.3) is 17.7 Å². The second-order valence-corrected chi connectivity index (χ2v) is 7.02. The van der Waals surface area contributed by atoms with E-state index < -0.39 is 36.1 Å². The van der Waals surface area contributed by atoms with Crippen molar-refractivity contribution in [1.29, 1.82) is 0 Å². The Balaban J connectivity index is 1.40.